The third-order valence-electron chi connectivity index (χ3n) is 2.16. The monoisotopic (exact) mass is 375 g/mol. The van der Waals surface area contributed by atoms with Gasteiger partial charge >= 0.3 is 21.4 Å². The van der Waals surface area contributed by atoms with E-state index in [0.29, 0.717) is 0 Å². The smallest absolute Gasteiger partial charge is 0.426 e. The molecule has 18 heavy (non-hydrogen) atoms. The van der Waals surface area contributed by atoms with Crippen molar-refractivity contribution in [1.29, 1.82) is 0 Å². The second-order valence-corrected chi connectivity index (χ2v) is 5.53. The summed E-state index contributed by atoms with van der Waals surface area (Å²) in [5, 5.41) is 0. The Hall–Kier alpha value is 0.185. The average Bonchev–Trinajstić information content (AvgIpc) is 2.23. The zero-order chi connectivity index (χ0) is 13.7. The van der Waals surface area contributed by atoms with E-state index < -0.39 is 0 Å². The summed E-state index contributed by atoms with van der Waals surface area (Å²) in [4.78, 5) is 4.01. The van der Waals surface area contributed by atoms with Gasteiger partial charge in [-0.3, -0.25) is 0 Å². The highest BCUT2D eigenvalue weighted by molar-refractivity contribution is 9.11. The first-order valence-corrected chi connectivity index (χ1v) is 7.21. The van der Waals surface area contributed by atoms with Gasteiger partial charge in [0.2, 0.25) is 0 Å². The van der Waals surface area contributed by atoms with E-state index in [1.807, 2.05) is 33.5 Å². The standard InChI is InChI=1S/C6H5Br2N.C3H9B3O3/c1-4-2-6(8)9-3-5(4)7;1-4-7-5(2)9-6(3)8-4/h2-3H,1H3;1-3H3. The summed E-state index contributed by atoms with van der Waals surface area (Å²) in [6, 6.07) is 1.96. The lowest BCUT2D eigenvalue weighted by Crippen LogP contribution is -2.44. The topological polar surface area (TPSA) is 40.6 Å². The highest BCUT2D eigenvalue weighted by Crippen LogP contribution is 2.17. The van der Waals surface area contributed by atoms with Crippen LogP contribution in [-0.2, 0) is 13.7 Å². The lowest BCUT2D eigenvalue weighted by atomic mass is 9.74. The van der Waals surface area contributed by atoms with Crippen LogP contribution in [0, 0.1) is 6.92 Å². The van der Waals surface area contributed by atoms with Crippen molar-refractivity contribution in [3.05, 3.63) is 26.9 Å². The molecule has 0 spiro atoms. The van der Waals surface area contributed by atoms with Gasteiger partial charge in [-0.25, -0.2) is 4.98 Å². The minimum absolute atomic E-state index is 0.135. The normalized spacial score (nSPS) is 15.3. The number of hydrogen-bond acceptors (Lipinski definition) is 4. The molecule has 2 heterocycles. The zero-order valence-electron chi connectivity index (χ0n) is 10.8. The third kappa shape index (κ3) is 5.88. The van der Waals surface area contributed by atoms with E-state index in [1.165, 1.54) is 5.56 Å². The van der Waals surface area contributed by atoms with Crippen LogP contribution in [0.4, 0.5) is 0 Å². The Morgan fingerprint density at radius 2 is 1.44 bits per heavy atom. The SMILES string of the molecule is CB1OB(C)OB(C)O1.Cc1cc(Br)ncc1Br. The van der Waals surface area contributed by atoms with Crippen molar-refractivity contribution >= 4 is 53.2 Å². The number of hydrogen-bond donors (Lipinski definition) is 0. The number of nitrogens with zero attached hydrogens (tertiary/aromatic N) is 1. The van der Waals surface area contributed by atoms with Gasteiger partial charge in [-0.15, -0.1) is 0 Å². The number of aromatic nitrogens is 1. The van der Waals surface area contributed by atoms with Crippen LogP contribution >= 0.6 is 31.9 Å². The van der Waals surface area contributed by atoms with Gasteiger partial charge in [-0.2, -0.15) is 0 Å². The van der Waals surface area contributed by atoms with Crippen LogP contribution in [0.5, 0.6) is 0 Å². The molecule has 1 aromatic rings. The van der Waals surface area contributed by atoms with Crippen LogP contribution < -0.4 is 0 Å². The van der Waals surface area contributed by atoms with Crippen molar-refractivity contribution in [1.82, 2.24) is 4.98 Å². The molecule has 0 aromatic carbocycles. The molecular formula is C9H14B3Br2NO3. The molecule has 0 N–H and O–H groups in total. The minimum Gasteiger partial charge on any atom is -0.453 e. The molecule has 1 aliphatic heterocycles. The van der Waals surface area contributed by atoms with Crippen molar-refractivity contribution in [2.24, 2.45) is 0 Å². The summed E-state index contributed by atoms with van der Waals surface area (Å²) in [5.74, 6) is 0. The maximum atomic E-state index is 5.11. The first-order valence-electron chi connectivity index (χ1n) is 5.62. The van der Waals surface area contributed by atoms with Crippen LogP contribution in [0.3, 0.4) is 0 Å². The fourth-order valence-electron chi connectivity index (χ4n) is 1.41. The lowest BCUT2D eigenvalue weighted by molar-refractivity contribution is 0.294. The van der Waals surface area contributed by atoms with Crippen LogP contribution in [0.15, 0.2) is 21.3 Å². The summed E-state index contributed by atoms with van der Waals surface area (Å²) in [7, 11) is -0.406. The Bertz CT molecular complexity index is 374. The molecule has 2 rings (SSSR count). The molecule has 1 saturated heterocycles. The molecule has 4 nitrogen and oxygen atoms in total. The van der Waals surface area contributed by atoms with Crippen molar-refractivity contribution in [2.45, 2.75) is 27.4 Å². The summed E-state index contributed by atoms with van der Waals surface area (Å²) in [6.07, 6.45) is 1.78. The van der Waals surface area contributed by atoms with Crippen LogP contribution in [0.2, 0.25) is 20.5 Å². The summed E-state index contributed by atoms with van der Waals surface area (Å²) < 4.78 is 17.3. The minimum atomic E-state index is -0.135. The van der Waals surface area contributed by atoms with Crippen molar-refractivity contribution in [3.63, 3.8) is 0 Å². The van der Waals surface area contributed by atoms with Gasteiger partial charge in [0.15, 0.2) is 0 Å². The molecule has 0 aliphatic carbocycles. The van der Waals surface area contributed by atoms with Gasteiger partial charge in [0.1, 0.15) is 4.60 Å². The second-order valence-electron chi connectivity index (χ2n) is 3.87. The quantitative estimate of drug-likeness (QED) is 0.515. The molecule has 1 fully saturated rings. The van der Waals surface area contributed by atoms with Gasteiger partial charge in [0, 0.05) is 10.7 Å². The molecule has 0 atom stereocenters. The van der Waals surface area contributed by atoms with Gasteiger partial charge in [-0.1, -0.05) is 0 Å². The van der Waals surface area contributed by atoms with E-state index in [2.05, 4.69) is 36.8 Å². The van der Waals surface area contributed by atoms with E-state index in [4.69, 9.17) is 13.7 Å². The predicted octanol–water partition coefficient (Wildman–Crippen LogP) is 3.32. The Kier molecular flexibility index (Phi) is 6.94. The Labute approximate surface area is 126 Å². The molecule has 9 heteroatoms. The fourth-order valence-corrected chi connectivity index (χ4v) is 2.07. The molecule has 1 aliphatic rings. The van der Waals surface area contributed by atoms with E-state index in [1.54, 1.807) is 6.20 Å². The van der Waals surface area contributed by atoms with E-state index >= 15 is 0 Å². The fraction of sp³-hybridized carbons (Fsp3) is 0.444. The number of pyridine rings is 1. The molecule has 0 saturated carbocycles. The van der Waals surface area contributed by atoms with Crippen LogP contribution in [-0.4, -0.2) is 26.3 Å². The first kappa shape index (κ1) is 16.2. The lowest BCUT2D eigenvalue weighted by Gasteiger charge is -2.25. The Morgan fingerprint density at radius 1 is 1.00 bits per heavy atom. The van der Waals surface area contributed by atoms with Gasteiger partial charge in [-0.05, 0) is 70.9 Å². The average molecular weight is 376 g/mol. The van der Waals surface area contributed by atoms with Crippen molar-refractivity contribution in [3.8, 4) is 0 Å². The molecule has 0 unspecified atom stereocenters. The highest BCUT2D eigenvalue weighted by Gasteiger charge is 2.31. The third-order valence-corrected chi connectivity index (χ3v) is 3.43. The highest BCUT2D eigenvalue weighted by atomic mass is 79.9. The van der Waals surface area contributed by atoms with Gasteiger partial charge in [0.25, 0.3) is 0 Å². The van der Waals surface area contributed by atoms with Crippen molar-refractivity contribution < 1.29 is 13.7 Å². The number of halogens is 2. The molecular weight excluding hydrogens is 362 g/mol. The summed E-state index contributed by atoms with van der Waals surface area (Å²) in [6.45, 7) is 7.59. The summed E-state index contributed by atoms with van der Waals surface area (Å²) >= 11 is 6.61. The molecule has 0 radical (unpaired) electrons. The van der Waals surface area contributed by atoms with Gasteiger partial charge < -0.3 is 13.7 Å². The maximum absolute atomic E-state index is 5.11. The molecule has 1 aromatic heterocycles. The number of rotatable bonds is 0. The Balaban J connectivity index is 0.000000180. The van der Waals surface area contributed by atoms with Crippen LogP contribution in [0.1, 0.15) is 5.56 Å². The van der Waals surface area contributed by atoms with Crippen LogP contribution in [0.25, 0.3) is 0 Å². The summed E-state index contributed by atoms with van der Waals surface area (Å²) in [5.41, 5.74) is 1.19. The van der Waals surface area contributed by atoms with Crippen molar-refractivity contribution in [2.75, 3.05) is 0 Å². The predicted molar refractivity (Wildman–Crippen MR) is 82.5 cm³/mol. The first-order chi connectivity index (χ1) is 8.38. The maximum Gasteiger partial charge on any atom is 0.426 e. The molecule has 0 bridgehead atoms. The van der Waals surface area contributed by atoms with E-state index in [0.717, 1.165) is 9.08 Å². The molecule has 96 valence electrons. The Morgan fingerprint density at radius 3 is 1.78 bits per heavy atom. The second kappa shape index (κ2) is 7.70. The molecule has 0 amide bonds. The largest absolute Gasteiger partial charge is 0.453 e. The van der Waals surface area contributed by atoms with E-state index in [9.17, 15) is 0 Å². The van der Waals surface area contributed by atoms with Gasteiger partial charge in [0.05, 0.1) is 0 Å². The zero-order valence-corrected chi connectivity index (χ0v) is 14.0. The number of aryl methyl sites for hydroxylation is 1. The van der Waals surface area contributed by atoms with E-state index in [-0.39, 0.29) is 21.4 Å².